The molecule has 4 N–H and O–H groups in total. The van der Waals surface area contributed by atoms with Crippen LogP contribution in [0.15, 0.2) is 48.5 Å². The van der Waals surface area contributed by atoms with E-state index in [1.165, 1.54) is 12.1 Å². The Morgan fingerprint density at radius 2 is 1.62 bits per heavy atom. The Balaban J connectivity index is 1.78. The summed E-state index contributed by atoms with van der Waals surface area (Å²) in [6.07, 6.45) is 0. The van der Waals surface area contributed by atoms with Crippen LogP contribution in [0.4, 0.5) is 5.69 Å². The Labute approximate surface area is 150 Å². The molecule has 2 rings (SSSR count). The Kier molecular flexibility index (Phi) is 6.55. The van der Waals surface area contributed by atoms with Crippen LogP contribution in [-0.2, 0) is 9.59 Å². The lowest BCUT2D eigenvalue weighted by atomic mass is 10.1. The molecule has 8 nitrogen and oxygen atoms in total. The van der Waals surface area contributed by atoms with Gasteiger partial charge in [-0.05, 0) is 36.4 Å². The highest BCUT2D eigenvalue weighted by Gasteiger charge is 2.16. The molecule has 2 aromatic carbocycles. The topological polar surface area (TPSA) is 120 Å². The predicted octanol–water partition coefficient (Wildman–Crippen LogP) is 0.928. The van der Waals surface area contributed by atoms with Crippen molar-refractivity contribution >= 4 is 23.4 Å². The van der Waals surface area contributed by atoms with Gasteiger partial charge in [-0.1, -0.05) is 12.1 Å². The number of primary amides is 1. The smallest absolute Gasteiger partial charge is 0.313 e. The van der Waals surface area contributed by atoms with Crippen LogP contribution in [0.5, 0.6) is 11.5 Å². The molecule has 0 aliphatic heterocycles. The van der Waals surface area contributed by atoms with Crippen LogP contribution < -0.4 is 25.8 Å². The van der Waals surface area contributed by atoms with E-state index in [1.807, 2.05) is 0 Å². The highest BCUT2D eigenvalue weighted by atomic mass is 16.5. The number of ether oxygens (including phenoxy) is 2. The maximum atomic E-state index is 11.9. The van der Waals surface area contributed by atoms with Gasteiger partial charge >= 0.3 is 11.8 Å². The van der Waals surface area contributed by atoms with Gasteiger partial charge in [-0.25, -0.2) is 0 Å². The zero-order valence-electron chi connectivity index (χ0n) is 14.2. The van der Waals surface area contributed by atoms with Crippen LogP contribution in [0, 0.1) is 0 Å². The summed E-state index contributed by atoms with van der Waals surface area (Å²) in [6.45, 7) is 0.318. The first kappa shape index (κ1) is 18.8. The van der Waals surface area contributed by atoms with Crippen LogP contribution >= 0.6 is 0 Å². The van der Waals surface area contributed by atoms with Crippen LogP contribution in [0.25, 0.3) is 0 Å². The molecule has 0 heterocycles. The second-order valence-electron chi connectivity index (χ2n) is 5.14. The Bertz CT molecular complexity index is 790. The first-order valence-corrected chi connectivity index (χ1v) is 7.76. The number of hydrogen-bond acceptors (Lipinski definition) is 5. The summed E-state index contributed by atoms with van der Waals surface area (Å²) < 4.78 is 10.5. The molecule has 0 fully saturated rings. The number of benzene rings is 2. The fourth-order valence-corrected chi connectivity index (χ4v) is 2.07. The van der Waals surface area contributed by atoms with E-state index < -0.39 is 17.7 Å². The third kappa shape index (κ3) is 5.23. The second-order valence-corrected chi connectivity index (χ2v) is 5.14. The van der Waals surface area contributed by atoms with Crippen molar-refractivity contribution < 1.29 is 23.9 Å². The van der Waals surface area contributed by atoms with Gasteiger partial charge in [-0.15, -0.1) is 0 Å². The summed E-state index contributed by atoms with van der Waals surface area (Å²) in [4.78, 5) is 35.0. The maximum Gasteiger partial charge on any atom is 0.313 e. The molecule has 26 heavy (non-hydrogen) atoms. The molecule has 3 amide bonds. The summed E-state index contributed by atoms with van der Waals surface area (Å²) in [5.74, 6) is -1.13. The van der Waals surface area contributed by atoms with Gasteiger partial charge in [0.05, 0.1) is 24.9 Å². The lowest BCUT2D eigenvalue weighted by molar-refractivity contribution is -0.136. The SMILES string of the molecule is COc1ccc(OCCNC(=O)C(=O)Nc2ccccc2C(N)=O)cc1. The molecule has 0 unspecified atom stereocenters. The molecule has 0 aromatic heterocycles. The minimum absolute atomic E-state index is 0.122. The van der Waals surface area contributed by atoms with Crippen LogP contribution in [0.3, 0.4) is 0 Å². The van der Waals surface area contributed by atoms with Crippen molar-refractivity contribution in [3.63, 3.8) is 0 Å². The molecule has 8 heteroatoms. The fraction of sp³-hybridized carbons (Fsp3) is 0.167. The van der Waals surface area contributed by atoms with Gasteiger partial charge in [0, 0.05) is 0 Å². The molecule has 0 aliphatic carbocycles. The molecule has 0 saturated carbocycles. The Morgan fingerprint density at radius 3 is 2.27 bits per heavy atom. The summed E-state index contributed by atoms with van der Waals surface area (Å²) in [5, 5.41) is 4.78. The average molecular weight is 357 g/mol. The van der Waals surface area contributed by atoms with Gasteiger partial charge in [-0.3, -0.25) is 14.4 Å². The number of anilines is 1. The third-order valence-electron chi connectivity index (χ3n) is 3.36. The zero-order chi connectivity index (χ0) is 18.9. The van der Waals surface area contributed by atoms with Crippen LogP contribution in [-0.4, -0.2) is 38.0 Å². The quantitative estimate of drug-likeness (QED) is 0.503. The number of nitrogens with one attached hydrogen (secondary N) is 2. The monoisotopic (exact) mass is 357 g/mol. The zero-order valence-corrected chi connectivity index (χ0v) is 14.2. The molecule has 0 aliphatic rings. The van der Waals surface area contributed by atoms with E-state index in [-0.39, 0.29) is 24.4 Å². The van der Waals surface area contributed by atoms with E-state index in [9.17, 15) is 14.4 Å². The van der Waals surface area contributed by atoms with E-state index in [0.717, 1.165) is 0 Å². The minimum atomic E-state index is -0.900. The highest BCUT2D eigenvalue weighted by molar-refractivity contribution is 6.40. The maximum absolute atomic E-state index is 11.9. The van der Waals surface area contributed by atoms with Gasteiger partial charge in [0.15, 0.2) is 0 Å². The number of rotatable bonds is 7. The largest absolute Gasteiger partial charge is 0.497 e. The fourth-order valence-electron chi connectivity index (χ4n) is 2.07. The van der Waals surface area contributed by atoms with Crippen molar-refractivity contribution in [1.29, 1.82) is 0 Å². The first-order valence-electron chi connectivity index (χ1n) is 7.76. The molecule has 0 spiro atoms. The minimum Gasteiger partial charge on any atom is -0.497 e. The van der Waals surface area contributed by atoms with Crippen molar-refractivity contribution in [2.45, 2.75) is 0 Å². The van der Waals surface area contributed by atoms with Crippen molar-refractivity contribution in [1.82, 2.24) is 5.32 Å². The standard InChI is InChI=1S/C18H19N3O5/c1-25-12-6-8-13(9-7-12)26-11-10-20-17(23)18(24)21-15-5-3-2-4-14(15)16(19)22/h2-9H,10-11H2,1H3,(H2,19,22)(H,20,23)(H,21,24). The Hall–Kier alpha value is -3.55. The number of amides is 3. The molecule has 0 radical (unpaired) electrons. The third-order valence-corrected chi connectivity index (χ3v) is 3.36. The molecule has 0 saturated heterocycles. The average Bonchev–Trinajstić information content (AvgIpc) is 2.65. The van der Waals surface area contributed by atoms with Gasteiger partial charge in [0.2, 0.25) is 0 Å². The van der Waals surface area contributed by atoms with Crippen molar-refractivity contribution in [2.75, 3.05) is 25.6 Å². The molecule has 2 aromatic rings. The van der Waals surface area contributed by atoms with E-state index in [4.69, 9.17) is 15.2 Å². The van der Waals surface area contributed by atoms with Gasteiger partial charge in [0.1, 0.15) is 18.1 Å². The lowest BCUT2D eigenvalue weighted by Crippen LogP contribution is -2.37. The van der Waals surface area contributed by atoms with Gasteiger partial charge in [-0.2, -0.15) is 0 Å². The summed E-state index contributed by atoms with van der Waals surface area (Å²) in [6, 6.07) is 13.1. The van der Waals surface area contributed by atoms with Gasteiger partial charge in [0.25, 0.3) is 5.91 Å². The molecule has 0 atom stereocenters. The highest BCUT2D eigenvalue weighted by Crippen LogP contribution is 2.16. The summed E-state index contributed by atoms with van der Waals surface area (Å²) in [5.41, 5.74) is 5.52. The van der Waals surface area contributed by atoms with Crippen molar-refractivity contribution in [2.24, 2.45) is 5.73 Å². The number of methoxy groups -OCH3 is 1. The van der Waals surface area contributed by atoms with E-state index >= 15 is 0 Å². The number of para-hydroxylation sites is 1. The molecule has 136 valence electrons. The number of nitrogens with two attached hydrogens (primary N) is 1. The number of carbonyl (C=O) groups is 3. The van der Waals surface area contributed by atoms with Crippen LogP contribution in [0.1, 0.15) is 10.4 Å². The van der Waals surface area contributed by atoms with Crippen molar-refractivity contribution in [3.05, 3.63) is 54.1 Å². The number of carbonyl (C=O) groups excluding carboxylic acids is 3. The number of hydrogen-bond donors (Lipinski definition) is 3. The van der Waals surface area contributed by atoms with Gasteiger partial charge < -0.3 is 25.8 Å². The van der Waals surface area contributed by atoms with E-state index in [0.29, 0.717) is 11.5 Å². The first-order chi connectivity index (χ1) is 12.5. The van der Waals surface area contributed by atoms with Crippen LogP contribution in [0.2, 0.25) is 0 Å². The predicted molar refractivity (Wildman–Crippen MR) is 95.1 cm³/mol. The Morgan fingerprint density at radius 1 is 0.962 bits per heavy atom. The van der Waals surface area contributed by atoms with Crippen molar-refractivity contribution in [3.8, 4) is 11.5 Å². The normalized spacial score (nSPS) is 9.88. The second kappa shape index (κ2) is 9.07. The summed E-state index contributed by atoms with van der Waals surface area (Å²) >= 11 is 0. The molecular weight excluding hydrogens is 338 g/mol. The summed E-state index contributed by atoms with van der Waals surface area (Å²) in [7, 11) is 1.57. The van der Waals surface area contributed by atoms with E-state index in [2.05, 4.69) is 10.6 Å². The van der Waals surface area contributed by atoms with E-state index in [1.54, 1.807) is 43.5 Å². The molecular formula is C18H19N3O5. The lowest BCUT2D eigenvalue weighted by Gasteiger charge is -2.10. The molecule has 0 bridgehead atoms.